The van der Waals surface area contributed by atoms with Crippen LogP contribution >= 0.6 is 0 Å². The highest BCUT2D eigenvalue weighted by Gasteiger charge is 2.27. The Kier molecular flexibility index (Phi) is 4.74. The molecular formula is C18H19N3O4. The molecule has 0 radical (unpaired) electrons. The normalized spacial score (nSPS) is 15.4. The van der Waals surface area contributed by atoms with E-state index in [2.05, 4.69) is 16.0 Å². The number of amides is 2. The molecular weight excluding hydrogens is 322 g/mol. The van der Waals surface area contributed by atoms with Crippen molar-refractivity contribution in [3.05, 3.63) is 42.5 Å². The van der Waals surface area contributed by atoms with Gasteiger partial charge >= 0.3 is 0 Å². The second-order valence-corrected chi connectivity index (χ2v) is 5.55. The summed E-state index contributed by atoms with van der Waals surface area (Å²) in [6, 6.07) is 11.8. The topological polar surface area (TPSA) is 88.7 Å². The summed E-state index contributed by atoms with van der Waals surface area (Å²) < 4.78 is 10.4. The van der Waals surface area contributed by atoms with Crippen molar-refractivity contribution < 1.29 is 19.1 Å². The van der Waals surface area contributed by atoms with Crippen LogP contribution in [0.5, 0.6) is 11.5 Å². The Morgan fingerprint density at radius 1 is 1.12 bits per heavy atom. The van der Waals surface area contributed by atoms with E-state index < -0.39 is 6.04 Å². The van der Waals surface area contributed by atoms with Gasteiger partial charge in [-0.05, 0) is 24.3 Å². The highest BCUT2D eigenvalue weighted by Crippen LogP contribution is 2.30. The first-order chi connectivity index (χ1) is 12.1. The third-order valence-electron chi connectivity index (χ3n) is 3.90. The average Bonchev–Trinajstić information content (AvgIpc) is 2.62. The number of hydrogen-bond acceptors (Lipinski definition) is 5. The van der Waals surface area contributed by atoms with Crippen LogP contribution in [0.1, 0.15) is 6.42 Å². The van der Waals surface area contributed by atoms with Crippen LogP contribution in [0.3, 0.4) is 0 Å². The first-order valence-electron chi connectivity index (χ1n) is 7.79. The van der Waals surface area contributed by atoms with E-state index in [-0.39, 0.29) is 18.2 Å². The molecule has 0 saturated carbocycles. The number of nitrogens with one attached hydrogen (secondary N) is 3. The van der Waals surface area contributed by atoms with Crippen LogP contribution in [0.4, 0.5) is 17.1 Å². The maximum absolute atomic E-state index is 12.3. The van der Waals surface area contributed by atoms with Crippen molar-refractivity contribution in [2.45, 2.75) is 12.5 Å². The number of anilines is 3. The minimum Gasteiger partial charge on any atom is -0.497 e. The molecule has 1 atom stereocenters. The Labute approximate surface area is 145 Å². The maximum atomic E-state index is 12.3. The largest absolute Gasteiger partial charge is 0.497 e. The summed E-state index contributed by atoms with van der Waals surface area (Å²) in [5, 5.41) is 8.65. The summed E-state index contributed by atoms with van der Waals surface area (Å²) >= 11 is 0. The van der Waals surface area contributed by atoms with Gasteiger partial charge in [0.2, 0.25) is 11.8 Å². The molecule has 3 N–H and O–H groups in total. The Hall–Kier alpha value is -3.22. The molecule has 0 aliphatic carbocycles. The Balaban J connectivity index is 1.68. The number of methoxy groups -OCH3 is 2. The zero-order valence-corrected chi connectivity index (χ0v) is 14.0. The Morgan fingerprint density at radius 2 is 1.88 bits per heavy atom. The minimum absolute atomic E-state index is 0.00461. The Morgan fingerprint density at radius 3 is 2.60 bits per heavy atom. The van der Waals surface area contributed by atoms with Gasteiger partial charge in [0.05, 0.1) is 37.7 Å². The second-order valence-electron chi connectivity index (χ2n) is 5.55. The molecule has 7 nitrogen and oxygen atoms in total. The third-order valence-corrected chi connectivity index (χ3v) is 3.90. The molecule has 3 rings (SSSR count). The van der Waals surface area contributed by atoms with Gasteiger partial charge in [-0.15, -0.1) is 0 Å². The molecule has 2 aromatic carbocycles. The standard InChI is InChI=1S/C18H19N3O4/c1-24-11-7-8-14(16(9-11)25-2)20-17(22)10-15-18(23)21-13-6-4-3-5-12(13)19-15/h3-9,15,19H,10H2,1-2H3,(H,20,22)(H,21,23)/t15-/m1/s1. The van der Waals surface area contributed by atoms with Gasteiger partial charge in [0, 0.05) is 6.07 Å². The van der Waals surface area contributed by atoms with Gasteiger partial charge in [0.1, 0.15) is 17.5 Å². The molecule has 1 aliphatic heterocycles. The van der Waals surface area contributed by atoms with E-state index in [0.717, 1.165) is 5.69 Å². The molecule has 2 amide bonds. The van der Waals surface area contributed by atoms with Crippen molar-refractivity contribution in [3.8, 4) is 11.5 Å². The van der Waals surface area contributed by atoms with Crippen LogP contribution in [-0.4, -0.2) is 32.1 Å². The molecule has 0 spiro atoms. The summed E-state index contributed by atoms with van der Waals surface area (Å²) in [7, 11) is 3.07. The summed E-state index contributed by atoms with van der Waals surface area (Å²) in [6.07, 6.45) is -0.00461. The molecule has 2 aromatic rings. The van der Waals surface area contributed by atoms with Gasteiger partial charge in [0.15, 0.2) is 0 Å². The quantitative estimate of drug-likeness (QED) is 0.777. The van der Waals surface area contributed by atoms with Crippen molar-refractivity contribution >= 4 is 28.9 Å². The van der Waals surface area contributed by atoms with Crippen LogP contribution in [0, 0.1) is 0 Å². The molecule has 1 heterocycles. The fourth-order valence-electron chi connectivity index (χ4n) is 2.62. The molecule has 130 valence electrons. The molecule has 0 bridgehead atoms. The van der Waals surface area contributed by atoms with Gasteiger partial charge in [-0.1, -0.05) is 12.1 Å². The molecule has 7 heteroatoms. The van der Waals surface area contributed by atoms with E-state index in [0.29, 0.717) is 22.9 Å². The lowest BCUT2D eigenvalue weighted by Gasteiger charge is -2.26. The van der Waals surface area contributed by atoms with Crippen LogP contribution < -0.4 is 25.4 Å². The van der Waals surface area contributed by atoms with Gasteiger partial charge in [-0.2, -0.15) is 0 Å². The van der Waals surface area contributed by atoms with E-state index in [1.54, 1.807) is 31.4 Å². The van der Waals surface area contributed by atoms with Crippen molar-refractivity contribution in [1.29, 1.82) is 0 Å². The predicted octanol–water partition coefficient (Wildman–Crippen LogP) is 2.47. The highest BCUT2D eigenvalue weighted by molar-refractivity contribution is 6.06. The van der Waals surface area contributed by atoms with Gasteiger partial charge in [-0.25, -0.2) is 0 Å². The number of ether oxygens (including phenoxy) is 2. The number of fused-ring (bicyclic) bond motifs is 1. The average molecular weight is 341 g/mol. The van der Waals surface area contributed by atoms with E-state index in [9.17, 15) is 9.59 Å². The Bertz CT molecular complexity index is 807. The van der Waals surface area contributed by atoms with Crippen molar-refractivity contribution in [1.82, 2.24) is 0 Å². The lowest BCUT2D eigenvalue weighted by molar-refractivity contribution is -0.122. The SMILES string of the molecule is COc1ccc(NC(=O)C[C@H]2Nc3ccccc3NC2=O)c(OC)c1. The zero-order valence-electron chi connectivity index (χ0n) is 14.0. The lowest BCUT2D eigenvalue weighted by Crippen LogP contribution is -2.41. The number of carbonyl (C=O) groups is 2. The number of para-hydroxylation sites is 2. The molecule has 0 aromatic heterocycles. The van der Waals surface area contributed by atoms with Crippen molar-refractivity contribution in [2.75, 3.05) is 30.2 Å². The fraction of sp³-hybridized carbons (Fsp3) is 0.222. The molecule has 1 aliphatic rings. The molecule has 25 heavy (non-hydrogen) atoms. The molecule has 0 unspecified atom stereocenters. The van der Waals surface area contributed by atoms with E-state index in [4.69, 9.17) is 9.47 Å². The minimum atomic E-state index is -0.640. The number of hydrogen-bond donors (Lipinski definition) is 3. The van der Waals surface area contributed by atoms with Crippen LogP contribution in [0.25, 0.3) is 0 Å². The van der Waals surface area contributed by atoms with E-state index >= 15 is 0 Å². The number of carbonyl (C=O) groups excluding carboxylic acids is 2. The molecule has 0 fully saturated rings. The highest BCUT2D eigenvalue weighted by atomic mass is 16.5. The van der Waals surface area contributed by atoms with Crippen molar-refractivity contribution in [2.24, 2.45) is 0 Å². The fourth-order valence-corrected chi connectivity index (χ4v) is 2.62. The van der Waals surface area contributed by atoms with Crippen LogP contribution in [0.2, 0.25) is 0 Å². The van der Waals surface area contributed by atoms with Gasteiger partial charge in [0.25, 0.3) is 0 Å². The summed E-state index contributed by atoms with van der Waals surface area (Å²) in [4.78, 5) is 24.5. The lowest BCUT2D eigenvalue weighted by atomic mass is 10.1. The first kappa shape index (κ1) is 16.6. The van der Waals surface area contributed by atoms with Crippen molar-refractivity contribution in [3.63, 3.8) is 0 Å². The first-order valence-corrected chi connectivity index (χ1v) is 7.79. The summed E-state index contributed by atoms with van der Waals surface area (Å²) in [6.45, 7) is 0. The predicted molar refractivity (Wildman–Crippen MR) is 95.3 cm³/mol. The zero-order chi connectivity index (χ0) is 17.8. The number of benzene rings is 2. The van der Waals surface area contributed by atoms with Gasteiger partial charge in [-0.3, -0.25) is 9.59 Å². The summed E-state index contributed by atoms with van der Waals surface area (Å²) in [5.74, 6) is 0.574. The van der Waals surface area contributed by atoms with E-state index in [1.165, 1.54) is 7.11 Å². The molecule has 0 saturated heterocycles. The van der Waals surface area contributed by atoms with Crippen LogP contribution in [0.15, 0.2) is 42.5 Å². The smallest absolute Gasteiger partial charge is 0.247 e. The second kappa shape index (κ2) is 7.12. The van der Waals surface area contributed by atoms with E-state index in [1.807, 2.05) is 18.2 Å². The monoisotopic (exact) mass is 341 g/mol. The maximum Gasteiger partial charge on any atom is 0.247 e. The number of rotatable bonds is 5. The summed E-state index contributed by atoms with van der Waals surface area (Å²) in [5.41, 5.74) is 2.02. The third kappa shape index (κ3) is 3.65. The van der Waals surface area contributed by atoms with Gasteiger partial charge < -0.3 is 25.4 Å². The van der Waals surface area contributed by atoms with Crippen LogP contribution in [-0.2, 0) is 9.59 Å².